The Morgan fingerprint density at radius 3 is 2.04 bits per heavy atom. The van der Waals surface area contributed by atoms with Gasteiger partial charge in [-0.1, -0.05) is 133 Å². The first-order chi connectivity index (χ1) is 26.7. The molecule has 0 amide bonds. The van der Waals surface area contributed by atoms with Crippen molar-refractivity contribution in [2.75, 3.05) is 0 Å². The fourth-order valence-corrected chi connectivity index (χ4v) is 9.17. The van der Waals surface area contributed by atoms with Crippen LogP contribution in [0.2, 0.25) is 0 Å². The van der Waals surface area contributed by atoms with E-state index in [2.05, 4.69) is 152 Å². The number of benzene rings is 8. The summed E-state index contributed by atoms with van der Waals surface area (Å²) in [5.41, 5.74) is 12.6. The Kier molecular flexibility index (Phi) is 7.10. The van der Waals surface area contributed by atoms with Gasteiger partial charge in [0.15, 0.2) is 0 Å². The minimum absolute atomic E-state index is 0.599. The number of thiophene rings is 1. The Hall–Kier alpha value is -6.75. The molecule has 0 aliphatic rings. The average Bonchev–Trinajstić information content (AvgIpc) is 3.92. The van der Waals surface area contributed by atoms with Crippen molar-refractivity contribution in [3.63, 3.8) is 0 Å². The molecule has 54 heavy (non-hydrogen) atoms. The van der Waals surface area contributed by atoms with Gasteiger partial charge in [-0.15, -0.1) is 11.3 Å². The van der Waals surface area contributed by atoms with Crippen LogP contribution in [0.3, 0.4) is 0 Å². The molecule has 3 nitrogen and oxygen atoms in total. The number of fused-ring (bicyclic) bond motifs is 9. The SMILES string of the molecule is C(=NCc1ccc(-c2ccccc2)cc1)c1cccc2oc3ccc(-c4cccc5oc6c(-c7ccc8c(c7)sc7ccccc78)cccc6c45)cc3c12. The molecule has 3 aromatic heterocycles. The second kappa shape index (κ2) is 12.4. The van der Waals surface area contributed by atoms with E-state index in [1.807, 2.05) is 35.8 Å². The Labute approximate surface area is 315 Å². The maximum atomic E-state index is 6.71. The van der Waals surface area contributed by atoms with Gasteiger partial charge in [0, 0.05) is 59.1 Å². The van der Waals surface area contributed by atoms with Crippen LogP contribution >= 0.6 is 11.3 Å². The van der Waals surface area contributed by atoms with Crippen LogP contribution in [0.5, 0.6) is 0 Å². The number of hydrogen-bond donors (Lipinski definition) is 0. The van der Waals surface area contributed by atoms with Gasteiger partial charge in [0.2, 0.25) is 0 Å². The van der Waals surface area contributed by atoms with E-state index in [4.69, 9.17) is 13.8 Å². The minimum Gasteiger partial charge on any atom is -0.456 e. The van der Waals surface area contributed by atoms with Crippen molar-refractivity contribution in [3.8, 4) is 33.4 Å². The van der Waals surface area contributed by atoms with Crippen molar-refractivity contribution in [1.29, 1.82) is 0 Å². The predicted octanol–water partition coefficient (Wildman–Crippen LogP) is 14.5. The Morgan fingerprint density at radius 2 is 1.13 bits per heavy atom. The predicted molar refractivity (Wildman–Crippen MR) is 228 cm³/mol. The molecule has 0 atom stereocenters. The lowest BCUT2D eigenvalue weighted by Crippen LogP contribution is -1.87. The molecule has 0 spiro atoms. The molecule has 0 aliphatic carbocycles. The smallest absolute Gasteiger partial charge is 0.143 e. The van der Waals surface area contributed by atoms with Crippen molar-refractivity contribution in [3.05, 3.63) is 181 Å². The lowest BCUT2D eigenvalue weighted by atomic mass is 9.96. The number of rotatable bonds is 6. The molecule has 11 rings (SSSR count). The van der Waals surface area contributed by atoms with Gasteiger partial charge in [-0.25, -0.2) is 0 Å². The zero-order valence-electron chi connectivity index (χ0n) is 29.1. The maximum absolute atomic E-state index is 6.71. The van der Waals surface area contributed by atoms with Gasteiger partial charge in [0.1, 0.15) is 22.3 Å². The zero-order valence-corrected chi connectivity index (χ0v) is 29.9. The Morgan fingerprint density at radius 1 is 0.444 bits per heavy atom. The van der Waals surface area contributed by atoms with Gasteiger partial charge in [-0.3, -0.25) is 4.99 Å². The zero-order chi connectivity index (χ0) is 35.6. The van der Waals surface area contributed by atoms with E-state index in [0.29, 0.717) is 6.54 Å². The third-order valence-electron chi connectivity index (χ3n) is 10.6. The van der Waals surface area contributed by atoms with Crippen LogP contribution in [0.4, 0.5) is 0 Å². The van der Waals surface area contributed by atoms with Crippen LogP contribution in [0, 0.1) is 0 Å². The van der Waals surface area contributed by atoms with Crippen LogP contribution in [0.1, 0.15) is 11.1 Å². The summed E-state index contributed by atoms with van der Waals surface area (Å²) >= 11 is 1.84. The summed E-state index contributed by atoms with van der Waals surface area (Å²) in [5, 5.41) is 6.96. The first-order valence-electron chi connectivity index (χ1n) is 18.2. The quantitative estimate of drug-likeness (QED) is 0.161. The lowest BCUT2D eigenvalue weighted by Gasteiger charge is -2.06. The van der Waals surface area contributed by atoms with E-state index in [0.717, 1.165) is 71.7 Å². The highest BCUT2D eigenvalue weighted by Crippen LogP contribution is 2.43. The van der Waals surface area contributed by atoms with E-state index in [1.54, 1.807) is 0 Å². The van der Waals surface area contributed by atoms with Crippen molar-refractivity contribution >= 4 is 81.6 Å². The Balaban J connectivity index is 0.971. The molecule has 0 radical (unpaired) electrons. The van der Waals surface area contributed by atoms with Crippen LogP contribution in [-0.4, -0.2) is 6.21 Å². The van der Waals surface area contributed by atoms with Gasteiger partial charge in [0.05, 0.1) is 6.54 Å². The largest absolute Gasteiger partial charge is 0.456 e. The number of para-hydroxylation sites is 1. The third kappa shape index (κ3) is 5.07. The van der Waals surface area contributed by atoms with Gasteiger partial charge in [-0.2, -0.15) is 0 Å². The van der Waals surface area contributed by atoms with Crippen molar-refractivity contribution < 1.29 is 8.83 Å². The second-order valence-electron chi connectivity index (χ2n) is 13.8. The molecule has 0 unspecified atom stereocenters. The summed E-state index contributed by atoms with van der Waals surface area (Å²) in [4.78, 5) is 4.88. The molecule has 254 valence electrons. The molecular weight excluding hydrogens is 679 g/mol. The molecule has 8 aromatic carbocycles. The summed E-state index contributed by atoms with van der Waals surface area (Å²) in [6.07, 6.45) is 1.98. The molecule has 0 saturated heterocycles. The van der Waals surface area contributed by atoms with E-state index in [1.165, 1.54) is 36.9 Å². The van der Waals surface area contributed by atoms with Crippen molar-refractivity contribution in [2.45, 2.75) is 6.54 Å². The summed E-state index contributed by atoms with van der Waals surface area (Å²) in [7, 11) is 0. The molecule has 0 N–H and O–H groups in total. The first kappa shape index (κ1) is 30.8. The number of hydrogen-bond acceptors (Lipinski definition) is 4. The second-order valence-corrected chi connectivity index (χ2v) is 14.9. The monoisotopic (exact) mass is 709 g/mol. The molecular formula is C50H31NO2S. The highest BCUT2D eigenvalue weighted by molar-refractivity contribution is 7.25. The molecule has 0 aliphatic heterocycles. The van der Waals surface area contributed by atoms with E-state index < -0.39 is 0 Å². The number of aliphatic imine (C=N–C) groups is 1. The minimum atomic E-state index is 0.599. The van der Waals surface area contributed by atoms with Gasteiger partial charge in [-0.05, 0) is 69.8 Å². The van der Waals surface area contributed by atoms with E-state index in [-0.39, 0.29) is 0 Å². The van der Waals surface area contributed by atoms with Crippen LogP contribution in [0.25, 0.3) is 97.4 Å². The lowest BCUT2D eigenvalue weighted by molar-refractivity contribution is 0.669. The number of furan rings is 2. The molecule has 4 heteroatoms. The topological polar surface area (TPSA) is 38.6 Å². The van der Waals surface area contributed by atoms with Crippen LogP contribution in [-0.2, 0) is 6.54 Å². The van der Waals surface area contributed by atoms with Crippen molar-refractivity contribution in [1.82, 2.24) is 0 Å². The van der Waals surface area contributed by atoms with E-state index in [9.17, 15) is 0 Å². The molecule has 0 bridgehead atoms. The van der Waals surface area contributed by atoms with Gasteiger partial charge >= 0.3 is 0 Å². The molecule has 0 fully saturated rings. The first-order valence-corrected chi connectivity index (χ1v) is 19.0. The fourth-order valence-electron chi connectivity index (χ4n) is 8.02. The Bertz CT molecular complexity index is 3240. The maximum Gasteiger partial charge on any atom is 0.143 e. The summed E-state index contributed by atoms with van der Waals surface area (Å²) in [6.45, 7) is 0.599. The third-order valence-corrected chi connectivity index (χ3v) is 11.7. The highest BCUT2D eigenvalue weighted by Gasteiger charge is 2.18. The fraction of sp³-hybridized carbons (Fsp3) is 0.0200. The normalized spacial score (nSPS) is 12.1. The molecule has 11 aromatic rings. The van der Waals surface area contributed by atoms with Gasteiger partial charge < -0.3 is 8.83 Å². The summed E-state index contributed by atoms with van der Waals surface area (Å²) < 4.78 is 15.7. The molecule has 3 heterocycles. The summed E-state index contributed by atoms with van der Waals surface area (Å²) in [6, 6.07) is 60.1. The number of nitrogens with zero attached hydrogens (tertiary/aromatic N) is 1. The standard InChI is InChI=1S/C50H31NO2S/c1-2-9-32(10-3-1)33-21-19-31(20-22-33)29-51-30-36-11-6-16-44-48(36)42-27-34(24-26-43(42)52-44)37-13-8-17-45-49(37)41-15-7-14-38(50(41)53-45)35-23-25-40-39-12-4-5-18-46(39)54-47(40)28-35/h1-28,30H,29H2. The van der Waals surface area contributed by atoms with Gasteiger partial charge in [0.25, 0.3) is 0 Å². The van der Waals surface area contributed by atoms with Crippen LogP contribution in [0.15, 0.2) is 184 Å². The highest BCUT2D eigenvalue weighted by atomic mass is 32.1. The summed E-state index contributed by atoms with van der Waals surface area (Å²) in [5.74, 6) is 0. The molecule has 0 saturated carbocycles. The van der Waals surface area contributed by atoms with Crippen molar-refractivity contribution in [2.24, 2.45) is 4.99 Å². The average molecular weight is 710 g/mol. The van der Waals surface area contributed by atoms with Crippen LogP contribution < -0.4 is 0 Å². The van der Waals surface area contributed by atoms with E-state index >= 15 is 0 Å².